The van der Waals surface area contributed by atoms with Crippen molar-refractivity contribution in [2.45, 2.75) is 20.8 Å². The van der Waals surface area contributed by atoms with E-state index in [0.717, 1.165) is 11.1 Å². The molecule has 0 aliphatic heterocycles. The number of pyridine rings is 2. The summed E-state index contributed by atoms with van der Waals surface area (Å²) in [6.45, 7) is 5.48. The van der Waals surface area contributed by atoms with Crippen LogP contribution in [0, 0.1) is 20.8 Å². The Morgan fingerprint density at radius 2 is 2.08 bits per heavy atom. The molecule has 0 radical (unpaired) electrons. The lowest BCUT2D eigenvalue weighted by atomic mass is 10.1. The summed E-state index contributed by atoms with van der Waals surface area (Å²) >= 11 is 0. The van der Waals surface area contributed by atoms with Gasteiger partial charge in [0.2, 0.25) is 0 Å². The van der Waals surface area contributed by atoms with E-state index >= 15 is 0 Å². The number of aromatic nitrogens is 5. The third-order valence-corrected chi connectivity index (χ3v) is 3.85. The van der Waals surface area contributed by atoms with Crippen LogP contribution >= 0.6 is 0 Å². The van der Waals surface area contributed by atoms with Gasteiger partial charge in [-0.2, -0.15) is 5.10 Å². The number of fused-ring (bicyclic) bond motifs is 2. The van der Waals surface area contributed by atoms with Crippen LogP contribution in [-0.4, -0.2) is 31.2 Å². The summed E-state index contributed by atoms with van der Waals surface area (Å²) in [5, 5.41) is 15.2. The van der Waals surface area contributed by atoms with Crippen molar-refractivity contribution in [2.24, 2.45) is 0 Å². The quantitative estimate of drug-likeness (QED) is 0.587. The summed E-state index contributed by atoms with van der Waals surface area (Å²) in [5.74, 6) is -0.265. The molecule has 0 fully saturated rings. The van der Waals surface area contributed by atoms with Gasteiger partial charge in [-0.25, -0.2) is 9.97 Å². The van der Waals surface area contributed by atoms with Crippen LogP contribution in [0.25, 0.3) is 22.1 Å². The number of nitrogens with zero attached hydrogens (tertiary/aromatic N) is 4. The number of hydrogen-bond donors (Lipinski definition) is 2. The second-order valence-corrected chi connectivity index (χ2v) is 5.66. The second kappa shape index (κ2) is 5.12. The van der Waals surface area contributed by atoms with E-state index in [1.54, 1.807) is 26.1 Å². The molecule has 4 rings (SSSR count). The van der Waals surface area contributed by atoms with Gasteiger partial charge in [-0.3, -0.25) is 9.89 Å². The van der Waals surface area contributed by atoms with Gasteiger partial charge in [0, 0.05) is 16.8 Å². The molecule has 1 amide bonds. The number of H-pyrrole nitrogens is 1. The lowest BCUT2D eigenvalue weighted by molar-refractivity contribution is 0.102. The Hall–Kier alpha value is -3.29. The Bertz CT molecular complexity index is 1090. The molecule has 8 nitrogen and oxygen atoms in total. The molecular formula is C16H14N6O2. The van der Waals surface area contributed by atoms with Crippen molar-refractivity contribution in [3.05, 3.63) is 41.0 Å². The van der Waals surface area contributed by atoms with E-state index in [1.807, 2.05) is 13.0 Å². The van der Waals surface area contributed by atoms with Crippen molar-refractivity contribution in [1.82, 2.24) is 25.3 Å². The molecule has 0 aliphatic carbocycles. The van der Waals surface area contributed by atoms with Gasteiger partial charge in [0.25, 0.3) is 11.6 Å². The first-order chi connectivity index (χ1) is 11.5. The molecule has 0 saturated heterocycles. The van der Waals surface area contributed by atoms with Crippen molar-refractivity contribution < 1.29 is 9.32 Å². The molecule has 0 unspecified atom stereocenters. The van der Waals surface area contributed by atoms with Gasteiger partial charge in [0.15, 0.2) is 5.65 Å². The molecule has 8 heteroatoms. The number of anilines is 1. The maximum Gasteiger partial charge on any atom is 0.258 e. The maximum absolute atomic E-state index is 12.7. The van der Waals surface area contributed by atoms with Gasteiger partial charge < -0.3 is 9.84 Å². The van der Waals surface area contributed by atoms with Crippen LogP contribution in [0.5, 0.6) is 0 Å². The molecule has 4 aromatic rings. The third kappa shape index (κ3) is 2.19. The number of nitrogens with one attached hydrogen (secondary N) is 2. The molecule has 0 spiro atoms. The fourth-order valence-electron chi connectivity index (χ4n) is 2.68. The highest BCUT2D eigenvalue weighted by Gasteiger charge is 2.18. The lowest BCUT2D eigenvalue weighted by Crippen LogP contribution is -2.13. The number of carbonyl (C=O) groups is 1. The van der Waals surface area contributed by atoms with E-state index in [4.69, 9.17) is 4.52 Å². The zero-order valence-corrected chi connectivity index (χ0v) is 13.3. The van der Waals surface area contributed by atoms with Crippen LogP contribution in [0.3, 0.4) is 0 Å². The summed E-state index contributed by atoms with van der Waals surface area (Å²) in [5.41, 5.74) is 4.24. The normalized spacial score (nSPS) is 11.3. The number of aryl methyl sites for hydroxylation is 3. The molecule has 4 aromatic heterocycles. The van der Waals surface area contributed by atoms with Crippen LogP contribution in [0.2, 0.25) is 0 Å². The number of hydrogen-bond acceptors (Lipinski definition) is 6. The summed E-state index contributed by atoms with van der Waals surface area (Å²) < 4.78 is 5.17. The Labute approximate surface area is 136 Å². The van der Waals surface area contributed by atoms with Crippen molar-refractivity contribution in [2.75, 3.05) is 5.32 Å². The van der Waals surface area contributed by atoms with E-state index in [2.05, 4.69) is 30.6 Å². The molecule has 0 atom stereocenters. The Kier molecular flexibility index (Phi) is 3.05. The summed E-state index contributed by atoms with van der Waals surface area (Å²) in [7, 11) is 0. The van der Waals surface area contributed by atoms with Gasteiger partial charge in [-0.1, -0.05) is 5.16 Å². The smallest absolute Gasteiger partial charge is 0.258 e. The van der Waals surface area contributed by atoms with Crippen molar-refractivity contribution in [3.63, 3.8) is 0 Å². The van der Waals surface area contributed by atoms with E-state index in [0.29, 0.717) is 39.4 Å². The molecular weight excluding hydrogens is 308 g/mol. The third-order valence-electron chi connectivity index (χ3n) is 3.85. The average Bonchev–Trinajstić information content (AvgIpc) is 3.10. The number of rotatable bonds is 2. The van der Waals surface area contributed by atoms with Crippen LogP contribution in [0.4, 0.5) is 5.69 Å². The molecule has 0 saturated carbocycles. The molecule has 120 valence electrons. The number of amides is 1. The largest absolute Gasteiger partial charge is 0.336 e. The molecule has 4 heterocycles. The van der Waals surface area contributed by atoms with E-state index in [-0.39, 0.29) is 5.91 Å². The lowest BCUT2D eigenvalue weighted by Gasteiger charge is -2.07. The van der Waals surface area contributed by atoms with Gasteiger partial charge in [0.05, 0.1) is 28.5 Å². The van der Waals surface area contributed by atoms with Gasteiger partial charge in [-0.15, -0.1) is 0 Å². The Balaban J connectivity index is 1.75. The van der Waals surface area contributed by atoms with E-state index in [1.165, 1.54) is 0 Å². The average molecular weight is 322 g/mol. The maximum atomic E-state index is 12.7. The predicted molar refractivity (Wildman–Crippen MR) is 87.9 cm³/mol. The summed E-state index contributed by atoms with van der Waals surface area (Å²) in [6.07, 6.45) is 1.58. The van der Waals surface area contributed by atoms with Gasteiger partial charge >= 0.3 is 0 Å². The molecule has 0 bridgehead atoms. The molecule has 2 N–H and O–H groups in total. The SMILES string of the molecule is Cc1cc(C(=O)Nc2cnc3n[nH]c(C)c3c2)c2c(C)noc2n1. The minimum atomic E-state index is -0.265. The minimum absolute atomic E-state index is 0.265. The van der Waals surface area contributed by atoms with Crippen LogP contribution in [-0.2, 0) is 0 Å². The van der Waals surface area contributed by atoms with Gasteiger partial charge in [-0.05, 0) is 32.9 Å². The minimum Gasteiger partial charge on any atom is -0.336 e. The Morgan fingerprint density at radius 1 is 1.25 bits per heavy atom. The number of aromatic amines is 1. The first kappa shape index (κ1) is 14.3. The zero-order valence-electron chi connectivity index (χ0n) is 13.3. The standard InChI is InChI=1S/C16H14N6O2/c1-7-4-12(13-9(3)22-24-16(13)18-7)15(23)19-10-5-11-8(2)20-21-14(11)17-6-10/h4-6H,1-3H3,(H,19,23)(H,17,20,21). The first-order valence-electron chi connectivity index (χ1n) is 7.38. The van der Waals surface area contributed by atoms with Crippen molar-refractivity contribution in [3.8, 4) is 0 Å². The highest BCUT2D eigenvalue weighted by Crippen LogP contribution is 2.24. The summed E-state index contributed by atoms with van der Waals surface area (Å²) in [4.78, 5) is 21.2. The van der Waals surface area contributed by atoms with Crippen LogP contribution in [0.15, 0.2) is 22.9 Å². The fraction of sp³-hybridized carbons (Fsp3) is 0.188. The van der Waals surface area contributed by atoms with Crippen molar-refractivity contribution >= 4 is 33.7 Å². The highest BCUT2D eigenvalue weighted by atomic mass is 16.5. The summed E-state index contributed by atoms with van der Waals surface area (Å²) in [6, 6.07) is 3.56. The number of carbonyl (C=O) groups excluding carboxylic acids is 1. The monoisotopic (exact) mass is 322 g/mol. The predicted octanol–water partition coefficient (Wildman–Crippen LogP) is 2.67. The van der Waals surface area contributed by atoms with Crippen LogP contribution < -0.4 is 5.32 Å². The first-order valence-corrected chi connectivity index (χ1v) is 7.38. The topological polar surface area (TPSA) is 110 Å². The Morgan fingerprint density at radius 3 is 2.92 bits per heavy atom. The van der Waals surface area contributed by atoms with E-state index in [9.17, 15) is 4.79 Å². The molecule has 0 aromatic carbocycles. The zero-order chi connectivity index (χ0) is 16.8. The van der Waals surface area contributed by atoms with Crippen LogP contribution in [0.1, 0.15) is 27.4 Å². The van der Waals surface area contributed by atoms with E-state index < -0.39 is 0 Å². The highest BCUT2D eigenvalue weighted by molar-refractivity contribution is 6.12. The second-order valence-electron chi connectivity index (χ2n) is 5.66. The fourth-order valence-corrected chi connectivity index (χ4v) is 2.68. The van der Waals surface area contributed by atoms with Gasteiger partial charge in [0.1, 0.15) is 0 Å². The van der Waals surface area contributed by atoms with Crippen molar-refractivity contribution in [1.29, 1.82) is 0 Å². The molecule has 24 heavy (non-hydrogen) atoms. The molecule has 0 aliphatic rings.